The van der Waals surface area contributed by atoms with Gasteiger partial charge in [-0.1, -0.05) is 6.92 Å². The molecular formula is C10H19NO2. The lowest BCUT2D eigenvalue weighted by Crippen LogP contribution is -2.34. The Kier molecular flexibility index (Phi) is 4.83. The Morgan fingerprint density at radius 3 is 2.69 bits per heavy atom. The number of ether oxygens (including phenoxy) is 1. The fourth-order valence-corrected chi connectivity index (χ4v) is 1.62. The Balaban J connectivity index is 2.07. The molecule has 3 nitrogen and oxygen atoms in total. The maximum atomic E-state index is 10.4. The Morgan fingerprint density at radius 2 is 2.15 bits per heavy atom. The van der Waals surface area contributed by atoms with E-state index in [4.69, 9.17) is 4.74 Å². The van der Waals surface area contributed by atoms with E-state index in [0.29, 0.717) is 5.92 Å². The van der Waals surface area contributed by atoms with E-state index in [-0.39, 0.29) is 0 Å². The Labute approximate surface area is 80.1 Å². The van der Waals surface area contributed by atoms with Gasteiger partial charge in [0.05, 0.1) is 0 Å². The van der Waals surface area contributed by atoms with Crippen molar-refractivity contribution in [3.8, 4) is 0 Å². The highest BCUT2D eigenvalue weighted by atomic mass is 16.5. The SMILES string of the molecule is CCCOCC1CCN(C=O)CC1. The number of rotatable bonds is 5. The lowest BCUT2D eigenvalue weighted by atomic mass is 9.98. The molecule has 0 aromatic heterocycles. The first-order chi connectivity index (χ1) is 6.36. The van der Waals surface area contributed by atoms with Gasteiger partial charge in [-0.05, 0) is 25.2 Å². The largest absolute Gasteiger partial charge is 0.381 e. The maximum Gasteiger partial charge on any atom is 0.209 e. The van der Waals surface area contributed by atoms with Gasteiger partial charge in [-0.25, -0.2) is 0 Å². The summed E-state index contributed by atoms with van der Waals surface area (Å²) < 4.78 is 5.48. The highest BCUT2D eigenvalue weighted by molar-refractivity contribution is 5.47. The third-order valence-corrected chi connectivity index (χ3v) is 2.50. The van der Waals surface area contributed by atoms with Gasteiger partial charge in [0, 0.05) is 26.3 Å². The zero-order valence-corrected chi connectivity index (χ0v) is 8.37. The molecule has 3 heteroatoms. The van der Waals surface area contributed by atoms with Crippen LogP contribution in [0.5, 0.6) is 0 Å². The lowest BCUT2D eigenvalue weighted by molar-refractivity contribution is -0.119. The third-order valence-electron chi connectivity index (χ3n) is 2.50. The van der Waals surface area contributed by atoms with Crippen molar-refractivity contribution in [3.63, 3.8) is 0 Å². The normalized spacial score (nSPS) is 19.0. The summed E-state index contributed by atoms with van der Waals surface area (Å²) >= 11 is 0. The molecule has 1 saturated heterocycles. The quantitative estimate of drug-likeness (QED) is 0.477. The minimum absolute atomic E-state index is 0.669. The molecule has 0 spiro atoms. The van der Waals surface area contributed by atoms with Crippen LogP contribution in [-0.4, -0.2) is 37.6 Å². The molecule has 1 aliphatic heterocycles. The number of piperidine rings is 1. The van der Waals surface area contributed by atoms with Crippen molar-refractivity contribution in [2.24, 2.45) is 5.92 Å². The standard InChI is InChI=1S/C10H19NO2/c1-2-7-13-8-10-3-5-11(9-12)6-4-10/h9-10H,2-8H2,1H3. The summed E-state index contributed by atoms with van der Waals surface area (Å²) in [6.45, 7) is 5.68. The summed E-state index contributed by atoms with van der Waals surface area (Å²) in [5.41, 5.74) is 0. The van der Waals surface area contributed by atoms with Gasteiger partial charge in [0.2, 0.25) is 6.41 Å². The van der Waals surface area contributed by atoms with E-state index < -0.39 is 0 Å². The van der Waals surface area contributed by atoms with Crippen LogP contribution in [0.2, 0.25) is 0 Å². The molecule has 76 valence electrons. The molecule has 1 heterocycles. The number of hydrogen-bond acceptors (Lipinski definition) is 2. The van der Waals surface area contributed by atoms with Gasteiger partial charge >= 0.3 is 0 Å². The van der Waals surface area contributed by atoms with Crippen LogP contribution in [0.4, 0.5) is 0 Å². The van der Waals surface area contributed by atoms with Crippen LogP contribution < -0.4 is 0 Å². The van der Waals surface area contributed by atoms with Crippen LogP contribution in [-0.2, 0) is 9.53 Å². The summed E-state index contributed by atoms with van der Waals surface area (Å²) in [7, 11) is 0. The van der Waals surface area contributed by atoms with E-state index in [1.807, 2.05) is 4.90 Å². The van der Waals surface area contributed by atoms with Crippen LogP contribution >= 0.6 is 0 Å². The summed E-state index contributed by atoms with van der Waals surface area (Å²) in [6, 6.07) is 0. The van der Waals surface area contributed by atoms with Crippen molar-refractivity contribution in [2.45, 2.75) is 26.2 Å². The van der Waals surface area contributed by atoms with E-state index in [1.54, 1.807) is 0 Å². The van der Waals surface area contributed by atoms with Gasteiger partial charge in [0.15, 0.2) is 0 Å². The van der Waals surface area contributed by atoms with Crippen molar-refractivity contribution in [1.82, 2.24) is 4.90 Å². The Hall–Kier alpha value is -0.570. The summed E-state index contributed by atoms with van der Waals surface area (Å²) in [4.78, 5) is 12.3. The Bertz CT molecular complexity index is 142. The zero-order valence-electron chi connectivity index (χ0n) is 8.37. The second-order valence-electron chi connectivity index (χ2n) is 3.66. The number of amides is 1. The first-order valence-electron chi connectivity index (χ1n) is 5.14. The van der Waals surface area contributed by atoms with Crippen LogP contribution in [0.15, 0.2) is 0 Å². The molecular weight excluding hydrogens is 166 g/mol. The topological polar surface area (TPSA) is 29.5 Å². The minimum Gasteiger partial charge on any atom is -0.381 e. The first kappa shape index (κ1) is 10.5. The number of carbonyl (C=O) groups is 1. The second kappa shape index (κ2) is 5.97. The van der Waals surface area contributed by atoms with E-state index >= 15 is 0 Å². The van der Waals surface area contributed by atoms with E-state index in [2.05, 4.69) is 6.92 Å². The number of hydrogen-bond donors (Lipinski definition) is 0. The van der Waals surface area contributed by atoms with Crippen LogP contribution in [0.3, 0.4) is 0 Å². The highest BCUT2D eigenvalue weighted by Gasteiger charge is 2.17. The molecule has 0 aromatic carbocycles. The predicted molar refractivity (Wildman–Crippen MR) is 51.5 cm³/mol. The van der Waals surface area contributed by atoms with E-state index in [1.165, 1.54) is 0 Å². The molecule has 0 atom stereocenters. The molecule has 0 aromatic rings. The number of carbonyl (C=O) groups excluding carboxylic acids is 1. The van der Waals surface area contributed by atoms with Crippen LogP contribution in [0, 0.1) is 5.92 Å². The Morgan fingerprint density at radius 1 is 1.46 bits per heavy atom. The van der Waals surface area contributed by atoms with Gasteiger partial charge in [-0.15, -0.1) is 0 Å². The van der Waals surface area contributed by atoms with Crippen molar-refractivity contribution in [2.75, 3.05) is 26.3 Å². The molecule has 1 rings (SSSR count). The summed E-state index contributed by atoms with van der Waals surface area (Å²) in [6.07, 6.45) is 4.24. The third kappa shape index (κ3) is 3.77. The van der Waals surface area contributed by atoms with E-state index in [9.17, 15) is 4.79 Å². The predicted octanol–water partition coefficient (Wildman–Crippen LogP) is 1.28. The zero-order chi connectivity index (χ0) is 9.52. The van der Waals surface area contributed by atoms with Crippen molar-refractivity contribution < 1.29 is 9.53 Å². The van der Waals surface area contributed by atoms with E-state index in [0.717, 1.165) is 52.0 Å². The fourth-order valence-electron chi connectivity index (χ4n) is 1.62. The summed E-state index contributed by atoms with van der Waals surface area (Å²) in [5.74, 6) is 0.669. The molecule has 0 N–H and O–H groups in total. The molecule has 0 saturated carbocycles. The van der Waals surface area contributed by atoms with Crippen molar-refractivity contribution >= 4 is 6.41 Å². The first-order valence-corrected chi connectivity index (χ1v) is 5.14. The maximum absolute atomic E-state index is 10.4. The number of likely N-dealkylation sites (tertiary alicyclic amines) is 1. The minimum atomic E-state index is 0.669. The molecule has 0 radical (unpaired) electrons. The van der Waals surface area contributed by atoms with Gasteiger partial charge in [0.25, 0.3) is 0 Å². The number of nitrogens with zero attached hydrogens (tertiary/aromatic N) is 1. The average Bonchev–Trinajstić information content (AvgIpc) is 2.19. The van der Waals surface area contributed by atoms with Gasteiger partial charge < -0.3 is 9.64 Å². The molecule has 0 unspecified atom stereocenters. The average molecular weight is 185 g/mol. The fraction of sp³-hybridized carbons (Fsp3) is 0.900. The van der Waals surface area contributed by atoms with Crippen LogP contribution in [0.25, 0.3) is 0 Å². The smallest absolute Gasteiger partial charge is 0.209 e. The molecule has 1 aliphatic rings. The second-order valence-corrected chi connectivity index (χ2v) is 3.66. The molecule has 13 heavy (non-hydrogen) atoms. The van der Waals surface area contributed by atoms with Crippen LogP contribution in [0.1, 0.15) is 26.2 Å². The van der Waals surface area contributed by atoms with Gasteiger partial charge in [-0.3, -0.25) is 4.79 Å². The molecule has 0 aliphatic carbocycles. The molecule has 0 bridgehead atoms. The van der Waals surface area contributed by atoms with Crippen molar-refractivity contribution in [1.29, 1.82) is 0 Å². The van der Waals surface area contributed by atoms with Crippen molar-refractivity contribution in [3.05, 3.63) is 0 Å². The van der Waals surface area contributed by atoms with Gasteiger partial charge in [0.1, 0.15) is 0 Å². The van der Waals surface area contributed by atoms with Gasteiger partial charge in [-0.2, -0.15) is 0 Å². The molecule has 1 amide bonds. The highest BCUT2D eigenvalue weighted by Crippen LogP contribution is 2.16. The lowest BCUT2D eigenvalue weighted by Gasteiger charge is -2.28. The monoisotopic (exact) mass is 185 g/mol. The summed E-state index contributed by atoms with van der Waals surface area (Å²) in [5, 5.41) is 0. The molecule has 1 fully saturated rings.